The van der Waals surface area contributed by atoms with Crippen molar-refractivity contribution in [2.24, 2.45) is 0 Å². The SMILES string of the molecule is COC1C=Cc2nc(=O)/c(=C/C(=O)c3ccccc3)sc2=C1. The van der Waals surface area contributed by atoms with Gasteiger partial charge < -0.3 is 4.74 Å². The molecule has 1 unspecified atom stereocenters. The third-order valence-corrected chi connectivity index (χ3v) is 4.33. The molecular weight excluding hydrogens is 298 g/mol. The Hall–Kier alpha value is -2.37. The van der Waals surface area contributed by atoms with Gasteiger partial charge in [0, 0.05) is 18.7 Å². The monoisotopic (exact) mass is 311 g/mol. The number of hydrogen-bond donors (Lipinski definition) is 0. The van der Waals surface area contributed by atoms with Gasteiger partial charge in [-0.05, 0) is 18.2 Å². The van der Waals surface area contributed by atoms with E-state index in [1.807, 2.05) is 18.2 Å². The van der Waals surface area contributed by atoms with Gasteiger partial charge in [0.1, 0.15) is 0 Å². The van der Waals surface area contributed by atoms with Crippen LogP contribution in [0.25, 0.3) is 18.2 Å². The summed E-state index contributed by atoms with van der Waals surface area (Å²) in [5.41, 5.74) is 0.778. The summed E-state index contributed by atoms with van der Waals surface area (Å²) < 4.78 is 6.41. The highest BCUT2D eigenvalue weighted by atomic mass is 32.1. The normalized spacial score (nSPS) is 17.0. The number of ether oxygens (including phenoxy) is 1. The molecule has 0 N–H and O–H groups in total. The molecule has 0 saturated heterocycles. The van der Waals surface area contributed by atoms with Gasteiger partial charge in [-0.15, -0.1) is 11.3 Å². The Morgan fingerprint density at radius 3 is 2.82 bits per heavy atom. The van der Waals surface area contributed by atoms with Crippen molar-refractivity contribution in [3.63, 3.8) is 0 Å². The zero-order valence-electron chi connectivity index (χ0n) is 11.9. The number of aromatic nitrogens is 1. The third kappa shape index (κ3) is 2.95. The van der Waals surface area contributed by atoms with E-state index < -0.39 is 0 Å². The van der Waals surface area contributed by atoms with Gasteiger partial charge in [-0.3, -0.25) is 9.59 Å². The second kappa shape index (κ2) is 6.17. The Morgan fingerprint density at radius 1 is 1.32 bits per heavy atom. The number of nitrogens with zero attached hydrogens (tertiary/aromatic N) is 1. The number of carbonyl (C=O) groups excluding carboxylic acids is 1. The number of methoxy groups -OCH3 is 1. The maximum absolute atomic E-state index is 12.2. The first-order valence-electron chi connectivity index (χ1n) is 6.72. The zero-order valence-corrected chi connectivity index (χ0v) is 12.7. The molecule has 22 heavy (non-hydrogen) atoms. The predicted octanol–water partition coefficient (Wildman–Crippen LogP) is 0.989. The average molecular weight is 311 g/mol. The lowest BCUT2D eigenvalue weighted by Gasteiger charge is -2.08. The van der Waals surface area contributed by atoms with Crippen LogP contribution < -0.4 is 14.6 Å². The summed E-state index contributed by atoms with van der Waals surface area (Å²) in [6.45, 7) is 0. The fourth-order valence-corrected chi connectivity index (χ4v) is 3.06. The molecule has 1 aromatic heterocycles. The fraction of sp³-hybridized carbons (Fsp3) is 0.118. The van der Waals surface area contributed by atoms with Crippen LogP contribution in [0.1, 0.15) is 16.1 Å². The number of fused-ring (bicyclic) bond motifs is 1. The predicted molar refractivity (Wildman–Crippen MR) is 87.2 cm³/mol. The van der Waals surface area contributed by atoms with E-state index >= 15 is 0 Å². The van der Waals surface area contributed by atoms with E-state index in [1.165, 1.54) is 17.4 Å². The van der Waals surface area contributed by atoms with Crippen LogP contribution in [-0.2, 0) is 4.74 Å². The van der Waals surface area contributed by atoms with Crippen molar-refractivity contribution in [3.05, 3.63) is 67.1 Å². The largest absolute Gasteiger partial charge is 0.373 e. The second-order valence-corrected chi connectivity index (χ2v) is 5.82. The zero-order chi connectivity index (χ0) is 15.5. The molecule has 1 aromatic carbocycles. The van der Waals surface area contributed by atoms with E-state index in [9.17, 15) is 9.59 Å². The minimum atomic E-state index is -0.387. The van der Waals surface area contributed by atoms with E-state index in [2.05, 4.69) is 4.98 Å². The molecule has 0 amide bonds. The smallest absolute Gasteiger partial charge is 0.287 e. The standard InChI is InChI=1S/C17H13NO3S/c1-21-12-7-8-13-15(9-12)22-16(17(20)18-13)10-14(19)11-5-3-2-4-6-11/h2-10,12H,1H3/b16-10-. The van der Waals surface area contributed by atoms with Crippen molar-refractivity contribution in [3.8, 4) is 0 Å². The molecule has 110 valence electrons. The molecule has 1 aliphatic carbocycles. The number of rotatable bonds is 3. The minimum Gasteiger partial charge on any atom is -0.373 e. The van der Waals surface area contributed by atoms with Gasteiger partial charge in [0.2, 0.25) is 0 Å². The number of carbonyl (C=O) groups is 1. The average Bonchev–Trinajstić information content (AvgIpc) is 2.56. The van der Waals surface area contributed by atoms with Crippen LogP contribution in [0.4, 0.5) is 0 Å². The van der Waals surface area contributed by atoms with Crippen LogP contribution in [-0.4, -0.2) is 24.0 Å². The van der Waals surface area contributed by atoms with Crippen LogP contribution in [0.3, 0.4) is 0 Å². The van der Waals surface area contributed by atoms with Gasteiger partial charge in [0.05, 0.1) is 20.9 Å². The molecule has 1 heterocycles. The third-order valence-electron chi connectivity index (χ3n) is 3.26. The number of benzene rings is 1. The maximum Gasteiger partial charge on any atom is 0.287 e. The first-order valence-corrected chi connectivity index (χ1v) is 7.54. The summed E-state index contributed by atoms with van der Waals surface area (Å²) >= 11 is 1.26. The maximum atomic E-state index is 12.2. The molecule has 0 saturated carbocycles. The fourth-order valence-electron chi connectivity index (χ4n) is 2.11. The topological polar surface area (TPSA) is 56.3 Å². The molecule has 4 nitrogen and oxygen atoms in total. The molecule has 1 aliphatic rings. The Morgan fingerprint density at radius 2 is 2.09 bits per heavy atom. The first-order chi connectivity index (χ1) is 10.7. The molecule has 0 bridgehead atoms. The highest BCUT2D eigenvalue weighted by Gasteiger charge is 2.09. The van der Waals surface area contributed by atoms with Crippen LogP contribution in [0, 0.1) is 0 Å². The van der Waals surface area contributed by atoms with E-state index in [0.717, 1.165) is 4.53 Å². The van der Waals surface area contributed by atoms with E-state index in [-0.39, 0.29) is 17.4 Å². The lowest BCUT2D eigenvalue weighted by molar-refractivity contribution is 0.106. The van der Waals surface area contributed by atoms with Crippen LogP contribution in [0.2, 0.25) is 0 Å². The van der Waals surface area contributed by atoms with Crippen molar-refractivity contribution in [2.45, 2.75) is 6.10 Å². The van der Waals surface area contributed by atoms with Gasteiger partial charge in [-0.2, -0.15) is 0 Å². The minimum absolute atomic E-state index is 0.138. The summed E-state index contributed by atoms with van der Waals surface area (Å²) in [5, 5.41) is 0. The molecule has 2 aromatic rings. The summed E-state index contributed by atoms with van der Waals surface area (Å²) in [7, 11) is 1.61. The number of hydrogen-bond acceptors (Lipinski definition) is 5. The number of ketones is 1. The molecule has 0 aliphatic heterocycles. The summed E-state index contributed by atoms with van der Waals surface area (Å²) in [4.78, 5) is 28.3. The summed E-state index contributed by atoms with van der Waals surface area (Å²) in [6.07, 6.45) is 6.70. The second-order valence-electron chi connectivity index (χ2n) is 4.73. The van der Waals surface area contributed by atoms with Crippen molar-refractivity contribution in [1.29, 1.82) is 0 Å². The van der Waals surface area contributed by atoms with Gasteiger partial charge in [-0.1, -0.05) is 30.3 Å². The summed E-state index contributed by atoms with van der Waals surface area (Å²) in [6, 6.07) is 8.85. The quantitative estimate of drug-likeness (QED) is 0.793. The Bertz CT molecular complexity index is 913. The number of Topliss-reactive ketones (excluding diaryl/α,β-unsaturated/α-hetero) is 1. The van der Waals surface area contributed by atoms with Crippen molar-refractivity contribution < 1.29 is 9.53 Å². The van der Waals surface area contributed by atoms with Crippen molar-refractivity contribution >= 4 is 35.3 Å². The Balaban J connectivity index is 2.10. The van der Waals surface area contributed by atoms with Gasteiger partial charge in [0.15, 0.2) is 5.78 Å². The van der Waals surface area contributed by atoms with Crippen LogP contribution >= 0.6 is 11.3 Å². The highest BCUT2D eigenvalue weighted by molar-refractivity contribution is 7.07. The van der Waals surface area contributed by atoms with Crippen molar-refractivity contribution in [1.82, 2.24) is 4.98 Å². The van der Waals surface area contributed by atoms with Crippen LogP contribution in [0.15, 0.2) is 41.2 Å². The van der Waals surface area contributed by atoms with E-state index in [0.29, 0.717) is 15.8 Å². The Labute approximate surface area is 130 Å². The molecular formula is C17H13NO3S. The lowest BCUT2D eigenvalue weighted by atomic mass is 10.1. The molecule has 0 spiro atoms. The van der Waals surface area contributed by atoms with Crippen molar-refractivity contribution in [2.75, 3.05) is 7.11 Å². The molecule has 0 radical (unpaired) electrons. The lowest BCUT2D eigenvalue weighted by Crippen LogP contribution is -2.33. The molecule has 3 rings (SSSR count). The van der Waals surface area contributed by atoms with Crippen LogP contribution in [0.5, 0.6) is 0 Å². The molecule has 1 atom stereocenters. The van der Waals surface area contributed by atoms with Gasteiger partial charge in [-0.25, -0.2) is 4.98 Å². The van der Waals surface area contributed by atoms with Gasteiger partial charge in [0.25, 0.3) is 5.56 Å². The summed E-state index contributed by atoms with van der Waals surface area (Å²) in [5.74, 6) is -0.203. The molecule has 0 fully saturated rings. The first kappa shape index (κ1) is 14.6. The highest BCUT2D eigenvalue weighted by Crippen LogP contribution is 2.04. The van der Waals surface area contributed by atoms with E-state index in [4.69, 9.17) is 4.74 Å². The molecule has 5 heteroatoms. The van der Waals surface area contributed by atoms with Gasteiger partial charge >= 0.3 is 0 Å². The Kier molecular flexibility index (Phi) is 4.09. The van der Waals surface area contributed by atoms with E-state index in [1.54, 1.807) is 37.5 Å².